The molecule has 160 valence electrons. The van der Waals surface area contributed by atoms with Gasteiger partial charge in [0.25, 0.3) is 11.8 Å². The van der Waals surface area contributed by atoms with Gasteiger partial charge in [0, 0.05) is 32.8 Å². The van der Waals surface area contributed by atoms with Gasteiger partial charge in [0.1, 0.15) is 0 Å². The third kappa shape index (κ3) is 3.15. The molecule has 2 fully saturated rings. The number of imide groups is 1. The van der Waals surface area contributed by atoms with Crippen LogP contribution in [0.5, 0.6) is 0 Å². The summed E-state index contributed by atoms with van der Waals surface area (Å²) in [6.07, 6.45) is 9.97. The predicted molar refractivity (Wildman–Crippen MR) is 132 cm³/mol. The predicted octanol–water partition coefficient (Wildman–Crippen LogP) is 4.83. The summed E-state index contributed by atoms with van der Waals surface area (Å²) in [4.78, 5) is 26.1. The average Bonchev–Trinajstić information content (AvgIpc) is 3.31. The summed E-state index contributed by atoms with van der Waals surface area (Å²) in [5.74, 6) is -0.387. The second kappa shape index (κ2) is 7.69. The Kier molecular flexibility index (Phi) is 4.78. The first-order valence-corrected chi connectivity index (χ1v) is 12.1. The fourth-order valence-electron chi connectivity index (χ4n) is 5.59. The number of benzene rings is 2. The lowest BCUT2D eigenvalue weighted by Gasteiger charge is -2.37. The van der Waals surface area contributed by atoms with Crippen molar-refractivity contribution in [1.29, 1.82) is 0 Å². The lowest BCUT2D eigenvalue weighted by Crippen LogP contribution is -2.38. The minimum Gasteiger partial charge on any atom is -0.342 e. The maximum absolute atomic E-state index is 13.1. The number of allylic oxidation sites excluding steroid dienone is 2. The standard InChI is InChI=1S/C26H22IN3O2/c27-20-11-5-16(6-12-20)14-29-15-19(21-3-1-2-4-22(21)29)13-28-30-25(31)23-17-7-8-18(10-9-17)24(23)26(30)32/h1-8,11-13,15,17-18,23-24H,9-10,14H2/b28-13-/t17-,18-,23+,24+/m0/s1. The topological polar surface area (TPSA) is 54.7 Å². The number of carbonyl (C=O) groups excluding carboxylic acids is 2. The van der Waals surface area contributed by atoms with Crippen LogP contribution in [0.4, 0.5) is 0 Å². The molecule has 7 rings (SSSR count). The first kappa shape index (κ1) is 19.9. The molecule has 0 unspecified atom stereocenters. The molecule has 2 bridgehead atoms. The summed E-state index contributed by atoms with van der Waals surface area (Å²) < 4.78 is 3.40. The van der Waals surface area contributed by atoms with Gasteiger partial charge in [-0.3, -0.25) is 9.59 Å². The van der Waals surface area contributed by atoms with Crippen LogP contribution in [0, 0.1) is 27.2 Å². The molecule has 5 nitrogen and oxygen atoms in total. The van der Waals surface area contributed by atoms with Crippen LogP contribution in [0.1, 0.15) is 24.0 Å². The van der Waals surface area contributed by atoms with Crippen molar-refractivity contribution < 1.29 is 9.59 Å². The van der Waals surface area contributed by atoms with Gasteiger partial charge in [-0.1, -0.05) is 42.5 Å². The minimum absolute atomic E-state index is 0.141. The number of carbonyl (C=O) groups is 2. The molecule has 2 amide bonds. The second-order valence-electron chi connectivity index (χ2n) is 8.93. The Hall–Kier alpha value is -2.74. The average molecular weight is 535 g/mol. The number of hydrogen-bond donors (Lipinski definition) is 0. The van der Waals surface area contributed by atoms with Gasteiger partial charge in [0.15, 0.2) is 0 Å². The van der Waals surface area contributed by atoms with E-state index in [1.165, 1.54) is 9.13 Å². The molecule has 1 saturated carbocycles. The highest BCUT2D eigenvalue weighted by Gasteiger charge is 2.56. The zero-order valence-corrected chi connectivity index (χ0v) is 19.6. The van der Waals surface area contributed by atoms with Gasteiger partial charge in [-0.05, 0) is 71.0 Å². The Morgan fingerprint density at radius 2 is 1.59 bits per heavy atom. The Morgan fingerprint density at radius 3 is 2.25 bits per heavy atom. The number of aromatic nitrogens is 1. The molecule has 1 aliphatic heterocycles. The van der Waals surface area contributed by atoms with E-state index >= 15 is 0 Å². The molecule has 2 aromatic carbocycles. The number of halogens is 1. The Balaban J connectivity index is 1.32. The van der Waals surface area contributed by atoms with Crippen LogP contribution in [0.15, 0.2) is 72.0 Å². The van der Waals surface area contributed by atoms with Gasteiger partial charge < -0.3 is 4.57 Å². The zero-order valence-electron chi connectivity index (χ0n) is 17.4. The van der Waals surface area contributed by atoms with E-state index in [1.807, 2.05) is 12.1 Å². The molecule has 1 saturated heterocycles. The molecule has 4 aliphatic rings. The molecular weight excluding hydrogens is 513 g/mol. The van der Waals surface area contributed by atoms with E-state index < -0.39 is 0 Å². The Labute approximate surface area is 199 Å². The molecule has 3 aliphatic carbocycles. The number of fused-ring (bicyclic) bond motifs is 2. The van der Waals surface area contributed by atoms with Crippen molar-refractivity contribution in [3.63, 3.8) is 0 Å². The summed E-state index contributed by atoms with van der Waals surface area (Å²) in [5.41, 5.74) is 3.22. The Morgan fingerprint density at radius 1 is 0.938 bits per heavy atom. The summed E-state index contributed by atoms with van der Waals surface area (Å²) >= 11 is 2.31. The summed E-state index contributed by atoms with van der Waals surface area (Å²) in [5, 5.41) is 6.62. The van der Waals surface area contributed by atoms with E-state index in [9.17, 15) is 9.59 Å². The van der Waals surface area contributed by atoms with E-state index in [0.717, 1.165) is 40.9 Å². The molecule has 1 aromatic heterocycles. The SMILES string of the molecule is O=C1[C@H]2[C@H](C(=O)N1/N=C\c1cn(Cc3ccc(I)cc3)c3ccccc13)[C@H]1C=C[C@H]2CC1. The molecule has 2 heterocycles. The summed E-state index contributed by atoms with van der Waals surface area (Å²) in [7, 11) is 0. The van der Waals surface area contributed by atoms with Gasteiger partial charge in [-0.15, -0.1) is 0 Å². The highest BCUT2D eigenvalue weighted by molar-refractivity contribution is 14.1. The molecule has 4 atom stereocenters. The Bertz CT molecular complexity index is 1260. The van der Waals surface area contributed by atoms with E-state index in [0.29, 0.717) is 0 Å². The van der Waals surface area contributed by atoms with E-state index in [2.05, 4.69) is 87.0 Å². The molecule has 32 heavy (non-hydrogen) atoms. The van der Waals surface area contributed by atoms with E-state index in [-0.39, 0.29) is 35.5 Å². The quantitative estimate of drug-likeness (QED) is 0.208. The number of amides is 2. The van der Waals surface area contributed by atoms with Crippen molar-refractivity contribution in [1.82, 2.24) is 9.58 Å². The third-order valence-corrected chi connectivity index (χ3v) is 7.85. The lowest BCUT2D eigenvalue weighted by molar-refractivity contribution is -0.140. The normalized spacial score (nSPS) is 26.6. The van der Waals surface area contributed by atoms with E-state index in [4.69, 9.17) is 0 Å². The monoisotopic (exact) mass is 535 g/mol. The van der Waals surface area contributed by atoms with E-state index in [1.54, 1.807) is 6.21 Å². The van der Waals surface area contributed by atoms with Crippen molar-refractivity contribution in [2.75, 3.05) is 0 Å². The van der Waals surface area contributed by atoms with Crippen LogP contribution in [0.3, 0.4) is 0 Å². The summed E-state index contributed by atoms with van der Waals surface area (Å²) in [6.45, 7) is 0.742. The van der Waals surface area contributed by atoms with Gasteiger partial charge in [-0.25, -0.2) is 0 Å². The van der Waals surface area contributed by atoms with Crippen molar-refractivity contribution >= 4 is 51.5 Å². The highest BCUT2D eigenvalue weighted by Crippen LogP contribution is 2.49. The number of hydrazone groups is 1. The largest absolute Gasteiger partial charge is 0.342 e. The smallest absolute Gasteiger partial charge is 0.254 e. The van der Waals surface area contributed by atoms with Gasteiger partial charge in [0.05, 0.1) is 18.1 Å². The minimum atomic E-state index is -0.231. The number of hydrogen-bond acceptors (Lipinski definition) is 3. The van der Waals surface area contributed by atoms with Crippen LogP contribution in [-0.4, -0.2) is 27.6 Å². The van der Waals surface area contributed by atoms with Crippen molar-refractivity contribution in [2.24, 2.45) is 28.8 Å². The van der Waals surface area contributed by atoms with Crippen molar-refractivity contribution in [3.05, 3.63) is 81.6 Å². The van der Waals surface area contributed by atoms with Crippen molar-refractivity contribution in [3.8, 4) is 0 Å². The number of nitrogens with zero attached hydrogens (tertiary/aromatic N) is 3. The molecular formula is C26H22IN3O2. The van der Waals surface area contributed by atoms with Crippen LogP contribution >= 0.6 is 22.6 Å². The zero-order chi connectivity index (χ0) is 21.8. The van der Waals surface area contributed by atoms with Gasteiger partial charge >= 0.3 is 0 Å². The lowest BCUT2D eigenvalue weighted by atomic mass is 9.63. The number of para-hydroxylation sites is 1. The molecule has 0 spiro atoms. The van der Waals surface area contributed by atoms with Crippen LogP contribution in [0.2, 0.25) is 0 Å². The molecule has 0 radical (unpaired) electrons. The first-order chi connectivity index (χ1) is 15.6. The van der Waals surface area contributed by atoms with Gasteiger partial charge in [0.2, 0.25) is 0 Å². The molecule has 6 heteroatoms. The fraction of sp³-hybridized carbons (Fsp3) is 0.269. The van der Waals surface area contributed by atoms with Crippen LogP contribution in [-0.2, 0) is 16.1 Å². The highest BCUT2D eigenvalue weighted by atomic mass is 127. The summed E-state index contributed by atoms with van der Waals surface area (Å²) in [6, 6.07) is 16.6. The number of rotatable bonds is 4. The second-order valence-corrected chi connectivity index (χ2v) is 10.2. The first-order valence-electron chi connectivity index (χ1n) is 11.0. The van der Waals surface area contributed by atoms with Gasteiger partial charge in [-0.2, -0.15) is 10.1 Å². The van der Waals surface area contributed by atoms with Crippen molar-refractivity contribution in [2.45, 2.75) is 19.4 Å². The van der Waals surface area contributed by atoms with Crippen LogP contribution in [0.25, 0.3) is 10.9 Å². The fourth-order valence-corrected chi connectivity index (χ4v) is 5.95. The molecule has 3 aromatic rings. The maximum Gasteiger partial charge on any atom is 0.254 e. The maximum atomic E-state index is 13.1. The molecule has 0 N–H and O–H groups in total. The van der Waals surface area contributed by atoms with Crippen LogP contribution < -0.4 is 0 Å². The third-order valence-electron chi connectivity index (χ3n) is 7.13.